The number of carbonyl (C=O) groups is 1. The number of nitrogens with zero attached hydrogens (tertiary/aromatic N) is 1. The fraction of sp³-hybridized carbons (Fsp3) is 0.583. The molecular weight excluding hydrogens is 258 g/mol. The van der Waals surface area contributed by atoms with E-state index in [-0.39, 0.29) is 18.4 Å². The smallest absolute Gasteiger partial charge is 0.265 e. The van der Waals surface area contributed by atoms with Crippen molar-refractivity contribution in [1.82, 2.24) is 4.90 Å². The van der Waals surface area contributed by atoms with Crippen LogP contribution in [0.1, 0.15) is 28.1 Å². The lowest BCUT2D eigenvalue weighted by Gasteiger charge is -2.31. The second kappa shape index (κ2) is 5.38. The van der Waals surface area contributed by atoms with Crippen LogP contribution in [0.2, 0.25) is 5.02 Å². The average Bonchev–Trinajstić information content (AvgIpc) is 2.69. The maximum atomic E-state index is 12.3. The zero-order valence-corrected chi connectivity index (χ0v) is 11.4. The van der Waals surface area contributed by atoms with Crippen LogP contribution in [0.5, 0.6) is 0 Å². The number of hydrogen-bond donors (Lipinski definition) is 1. The Morgan fingerprint density at radius 1 is 1.71 bits per heavy atom. The standard InChI is InChI=1S/C12H16ClNO2S/c1-8-7-17-11(10(8)13)12(16)14-4-2-3-9(5-14)6-15/h7,9,15H,2-6H2,1H3. The molecule has 0 radical (unpaired) electrons. The minimum absolute atomic E-state index is 0.00579. The van der Waals surface area contributed by atoms with E-state index in [4.69, 9.17) is 16.7 Å². The van der Waals surface area contributed by atoms with Gasteiger partial charge in [0.1, 0.15) is 4.88 Å². The second-order valence-electron chi connectivity index (χ2n) is 4.50. The van der Waals surface area contributed by atoms with Crippen molar-refractivity contribution in [2.75, 3.05) is 19.7 Å². The van der Waals surface area contributed by atoms with Gasteiger partial charge in [-0.2, -0.15) is 0 Å². The molecule has 1 aromatic heterocycles. The molecule has 1 amide bonds. The summed E-state index contributed by atoms with van der Waals surface area (Å²) in [4.78, 5) is 14.7. The van der Waals surface area contributed by atoms with Crippen molar-refractivity contribution in [2.45, 2.75) is 19.8 Å². The first kappa shape index (κ1) is 12.9. The van der Waals surface area contributed by atoms with E-state index in [1.807, 2.05) is 17.2 Å². The Morgan fingerprint density at radius 2 is 2.47 bits per heavy atom. The number of likely N-dealkylation sites (tertiary alicyclic amines) is 1. The van der Waals surface area contributed by atoms with Crippen LogP contribution in [0.3, 0.4) is 0 Å². The van der Waals surface area contributed by atoms with Gasteiger partial charge in [0.2, 0.25) is 0 Å². The van der Waals surface area contributed by atoms with Crippen LogP contribution < -0.4 is 0 Å². The summed E-state index contributed by atoms with van der Waals surface area (Å²) in [6.45, 7) is 3.47. The zero-order valence-electron chi connectivity index (χ0n) is 9.78. The number of piperidine rings is 1. The Kier molecular flexibility index (Phi) is 4.07. The topological polar surface area (TPSA) is 40.5 Å². The van der Waals surface area contributed by atoms with Gasteiger partial charge in [-0.25, -0.2) is 0 Å². The molecule has 1 N–H and O–H groups in total. The van der Waals surface area contributed by atoms with Crippen LogP contribution in [-0.2, 0) is 0 Å². The van der Waals surface area contributed by atoms with Crippen LogP contribution in [0.4, 0.5) is 0 Å². The largest absolute Gasteiger partial charge is 0.396 e. The minimum atomic E-state index is 0.00579. The van der Waals surface area contributed by atoms with E-state index in [0.29, 0.717) is 16.4 Å². The molecule has 94 valence electrons. The maximum absolute atomic E-state index is 12.3. The monoisotopic (exact) mass is 273 g/mol. The van der Waals surface area contributed by atoms with Crippen LogP contribution >= 0.6 is 22.9 Å². The van der Waals surface area contributed by atoms with Gasteiger partial charge in [-0.05, 0) is 36.6 Å². The Balaban J connectivity index is 2.12. The van der Waals surface area contributed by atoms with Gasteiger partial charge in [0.25, 0.3) is 5.91 Å². The summed E-state index contributed by atoms with van der Waals surface area (Å²) in [7, 11) is 0. The molecule has 2 rings (SSSR count). The molecular formula is C12H16ClNO2S. The highest BCUT2D eigenvalue weighted by Crippen LogP contribution is 2.29. The first-order chi connectivity index (χ1) is 8.13. The predicted octanol–water partition coefficient (Wildman–Crippen LogP) is 2.55. The van der Waals surface area contributed by atoms with Gasteiger partial charge in [-0.3, -0.25) is 4.79 Å². The molecule has 2 heterocycles. The fourth-order valence-electron chi connectivity index (χ4n) is 2.12. The number of aryl methyl sites for hydroxylation is 1. The lowest BCUT2D eigenvalue weighted by Crippen LogP contribution is -2.40. The van der Waals surface area contributed by atoms with Crippen molar-refractivity contribution in [2.24, 2.45) is 5.92 Å². The lowest BCUT2D eigenvalue weighted by molar-refractivity contribution is 0.0625. The van der Waals surface area contributed by atoms with Gasteiger partial charge < -0.3 is 10.0 Å². The van der Waals surface area contributed by atoms with Gasteiger partial charge in [0.15, 0.2) is 0 Å². The Hall–Kier alpha value is -0.580. The highest BCUT2D eigenvalue weighted by atomic mass is 35.5. The number of carbonyl (C=O) groups excluding carboxylic acids is 1. The van der Waals surface area contributed by atoms with E-state index in [9.17, 15) is 4.79 Å². The average molecular weight is 274 g/mol. The molecule has 1 fully saturated rings. The molecule has 1 saturated heterocycles. The molecule has 0 aromatic carbocycles. The number of aliphatic hydroxyl groups excluding tert-OH is 1. The molecule has 1 aromatic rings. The second-order valence-corrected chi connectivity index (χ2v) is 5.76. The number of aliphatic hydroxyl groups is 1. The van der Waals surface area contributed by atoms with Crippen molar-refractivity contribution in [3.05, 3.63) is 20.8 Å². The summed E-state index contributed by atoms with van der Waals surface area (Å²) in [5, 5.41) is 11.6. The van der Waals surface area contributed by atoms with Crippen LogP contribution in [0.25, 0.3) is 0 Å². The lowest BCUT2D eigenvalue weighted by atomic mass is 9.99. The quantitative estimate of drug-likeness (QED) is 0.900. The highest BCUT2D eigenvalue weighted by molar-refractivity contribution is 7.13. The van der Waals surface area contributed by atoms with E-state index < -0.39 is 0 Å². The molecule has 1 aliphatic heterocycles. The molecule has 5 heteroatoms. The first-order valence-electron chi connectivity index (χ1n) is 5.77. The van der Waals surface area contributed by atoms with E-state index in [2.05, 4.69) is 0 Å². The van der Waals surface area contributed by atoms with E-state index in [1.54, 1.807) is 0 Å². The molecule has 17 heavy (non-hydrogen) atoms. The van der Waals surface area contributed by atoms with Crippen LogP contribution in [-0.4, -0.2) is 35.6 Å². The van der Waals surface area contributed by atoms with Gasteiger partial charge in [-0.15, -0.1) is 11.3 Å². The molecule has 0 spiro atoms. The predicted molar refractivity (Wildman–Crippen MR) is 69.8 cm³/mol. The molecule has 3 nitrogen and oxygen atoms in total. The number of hydrogen-bond acceptors (Lipinski definition) is 3. The van der Waals surface area contributed by atoms with E-state index in [0.717, 1.165) is 24.9 Å². The number of rotatable bonds is 2. The molecule has 0 saturated carbocycles. The summed E-state index contributed by atoms with van der Waals surface area (Å²) in [6, 6.07) is 0. The summed E-state index contributed by atoms with van der Waals surface area (Å²) >= 11 is 7.51. The summed E-state index contributed by atoms with van der Waals surface area (Å²) in [5.41, 5.74) is 0.954. The van der Waals surface area contributed by atoms with Gasteiger partial charge >= 0.3 is 0 Å². The zero-order chi connectivity index (χ0) is 12.4. The summed E-state index contributed by atoms with van der Waals surface area (Å²) < 4.78 is 0. The van der Waals surface area contributed by atoms with Crippen molar-refractivity contribution in [1.29, 1.82) is 0 Å². The van der Waals surface area contributed by atoms with Gasteiger partial charge in [-0.1, -0.05) is 11.6 Å². The normalized spacial score (nSPS) is 20.6. The Labute approximate surface area is 110 Å². The third-order valence-electron chi connectivity index (χ3n) is 3.16. The fourth-order valence-corrected chi connectivity index (χ4v) is 3.36. The third kappa shape index (κ3) is 2.64. The summed E-state index contributed by atoms with van der Waals surface area (Å²) in [6.07, 6.45) is 1.95. The van der Waals surface area contributed by atoms with Crippen molar-refractivity contribution >= 4 is 28.8 Å². The Bertz CT molecular complexity index is 419. The van der Waals surface area contributed by atoms with Gasteiger partial charge in [0.05, 0.1) is 5.02 Å². The van der Waals surface area contributed by atoms with Gasteiger partial charge in [0, 0.05) is 19.7 Å². The molecule has 0 aliphatic carbocycles. The van der Waals surface area contributed by atoms with Crippen LogP contribution in [0.15, 0.2) is 5.38 Å². The Morgan fingerprint density at radius 3 is 3.06 bits per heavy atom. The summed E-state index contributed by atoms with van der Waals surface area (Å²) in [5.74, 6) is 0.221. The van der Waals surface area contributed by atoms with E-state index >= 15 is 0 Å². The third-order valence-corrected chi connectivity index (χ3v) is 4.84. The van der Waals surface area contributed by atoms with Crippen molar-refractivity contribution in [3.63, 3.8) is 0 Å². The van der Waals surface area contributed by atoms with E-state index in [1.165, 1.54) is 11.3 Å². The van der Waals surface area contributed by atoms with Crippen molar-refractivity contribution in [3.8, 4) is 0 Å². The first-order valence-corrected chi connectivity index (χ1v) is 7.03. The number of halogens is 1. The molecule has 1 atom stereocenters. The molecule has 0 bridgehead atoms. The SMILES string of the molecule is Cc1csc(C(=O)N2CCCC(CO)C2)c1Cl. The highest BCUT2D eigenvalue weighted by Gasteiger charge is 2.26. The number of amides is 1. The molecule has 1 unspecified atom stereocenters. The number of thiophene rings is 1. The molecule has 1 aliphatic rings. The maximum Gasteiger partial charge on any atom is 0.265 e. The van der Waals surface area contributed by atoms with Crippen molar-refractivity contribution < 1.29 is 9.90 Å². The minimum Gasteiger partial charge on any atom is -0.396 e. The van der Waals surface area contributed by atoms with Crippen LogP contribution in [0, 0.1) is 12.8 Å².